The first-order valence-electron chi connectivity index (χ1n) is 10.3. The zero-order valence-electron chi connectivity index (χ0n) is 17.1. The Hall–Kier alpha value is -3.09. The van der Waals surface area contributed by atoms with Gasteiger partial charge in [0.1, 0.15) is 24.2 Å². The number of hydrogen-bond acceptors (Lipinski definition) is 4. The van der Waals surface area contributed by atoms with Crippen LogP contribution in [0.3, 0.4) is 0 Å². The van der Waals surface area contributed by atoms with Crippen molar-refractivity contribution in [2.45, 2.75) is 19.1 Å². The van der Waals surface area contributed by atoms with Crippen molar-refractivity contribution < 1.29 is 4.74 Å². The Morgan fingerprint density at radius 1 is 1.03 bits per heavy atom. The minimum atomic E-state index is -0.313. The topological polar surface area (TPSA) is 52.0 Å². The summed E-state index contributed by atoms with van der Waals surface area (Å²) in [6.45, 7) is 2.09. The van der Waals surface area contributed by atoms with E-state index in [0.717, 1.165) is 38.2 Å². The highest BCUT2D eigenvalue weighted by Crippen LogP contribution is 2.51. The summed E-state index contributed by atoms with van der Waals surface area (Å²) in [5.41, 5.74) is 6.33. The Morgan fingerprint density at radius 2 is 1.88 bits per heavy atom. The van der Waals surface area contributed by atoms with Crippen LogP contribution in [0.25, 0.3) is 5.70 Å². The summed E-state index contributed by atoms with van der Waals surface area (Å²) in [7, 11) is 0. The maximum absolute atomic E-state index is 6.63. The first-order valence-corrected chi connectivity index (χ1v) is 11.4. The number of aromatic nitrogens is 3. The summed E-state index contributed by atoms with van der Waals surface area (Å²) in [5.74, 6) is 1.47. The van der Waals surface area contributed by atoms with Crippen LogP contribution in [0, 0.1) is 6.92 Å². The van der Waals surface area contributed by atoms with Crippen molar-refractivity contribution in [3.63, 3.8) is 0 Å². The van der Waals surface area contributed by atoms with Gasteiger partial charge in [-0.1, -0.05) is 69.5 Å². The number of halogens is 2. The molecule has 0 bridgehead atoms. The third-order valence-corrected chi connectivity index (χ3v) is 6.65. The Bertz CT molecular complexity index is 1380. The number of anilines is 1. The fourth-order valence-corrected chi connectivity index (χ4v) is 5.04. The molecule has 3 heterocycles. The van der Waals surface area contributed by atoms with Crippen LogP contribution in [-0.2, 0) is 0 Å². The van der Waals surface area contributed by atoms with Crippen LogP contribution in [0.1, 0.15) is 34.4 Å². The van der Waals surface area contributed by atoms with Crippen molar-refractivity contribution in [2.75, 3.05) is 5.32 Å². The van der Waals surface area contributed by atoms with E-state index in [9.17, 15) is 0 Å². The number of fused-ring (bicyclic) bond motifs is 3. The lowest BCUT2D eigenvalue weighted by Gasteiger charge is -2.39. The molecule has 2 atom stereocenters. The second-order valence-electron chi connectivity index (χ2n) is 7.99. The summed E-state index contributed by atoms with van der Waals surface area (Å²) < 4.78 is 9.55. The molecule has 2 unspecified atom stereocenters. The fraction of sp³-hybridized carbons (Fsp3) is 0.120. The maximum Gasteiger partial charge on any atom is 0.226 e. The molecule has 6 rings (SSSR count). The van der Waals surface area contributed by atoms with Gasteiger partial charge in [0.15, 0.2) is 0 Å². The molecule has 0 saturated carbocycles. The summed E-state index contributed by atoms with van der Waals surface area (Å²) in [4.78, 5) is 4.47. The number of benzene rings is 3. The maximum atomic E-state index is 6.63. The van der Waals surface area contributed by atoms with Crippen LogP contribution in [0.4, 0.5) is 5.95 Å². The van der Waals surface area contributed by atoms with Crippen molar-refractivity contribution in [3.8, 4) is 5.75 Å². The zero-order chi connectivity index (χ0) is 21.8. The average molecular weight is 506 g/mol. The monoisotopic (exact) mass is 504 g/mol. The molecule has 1 N–H and O–H groups in total. The van der Waals surface area contributed by atoms with E-state index < -0.39 is 0 Å². The van der Waals surface area contributed by atoms with Crippen molar-refractivity contribution in [1.29, 1.82) is 0 Å². The molecule has 2 aliphatic rings. The van der Waals surface area contributed by atoms with Gasteiger partial charge in [0.25, 0.3) is 0 Å². The van der Waals surface area contributed by atoms with Gasteiger partial charge < -0.3 is 10.1 Å². The quantitative estimate of drug-likeness (QED) is 0.335. The summed E-state index contributed by atoms with van der Waals surface area (Å²) >= 11 is 10.0. The molecule has 0 aliphatic carbocycles. The van der Waals surface area contributed by atoms with Gasteiger partial charge in [0.05, 0.1) is 5.70 Å². The molecule has 32 heavy (non-hydrogen) atoms. The number of hydrogen-bond donors (Lipinski definition) is 1. The minimum absolute atomic E-state index is 0.180. The van der Waals surface area contributed by atoms with Crippen LogP contribution in [0.2, 0.25) is 5.02 Å². The second kappa shape index (κ2) is 7.50. The van der Waals surface area contributed by atoms with Crippen LogP contribution < -0.4 is 10.1 Å². The molecule has 0 amide bonds. The molecule has 0 radical (unpaired) electrons. The van der Waals surface area contributed by atoms with Crippen molar-refractivity contribution in [1.82, 2.24) is 14.8 Å². The molecule has 5 nitrogen and oxygen atoms in total. The van der Waals surface area contributed by atoms with Crippen molar-refractivity contribution in [3.05, 3.63) is 110 Å². The van der Waals surface area contributed by atoms with Crippen molar-refractivity contribution in [2.24, 2.45) is 0 Å². The lowest BCUT2D eigenvalue weighted by atomic mass is 9.84. The molecule has 0 fully saturated rings. The molecule has 0 spiro atoms. The average Bonchev–Trinajstić information content (AvgIpc) is 3.26. The van der Waals surface area contributed by atoms with Gasteiger partial charge in [0, 0.05) is 20.6 Å². The minimum Gasteiger partial charge on any atom is -0.480 e. The van der Waals surface area contributed by atoms with E-state index in [-0.39, 0.29) is 12.1 Å². The van der Waals surface area contributed by atoms with Crippen LogP contribution in [0.5, 0.6) is 5.75 Å². The van der Waals surface area contributed by atoms with E-state index in [2.05, 4.69) is 74.7 Å². The Labute approximate surface area is 198 Å². The van der Waals surface area contributed by atoms with E-state index in [1.807, 2.05) is 35.0 Å². The van der Waals surface area contributed by atoms with Crippen LogP contribution in [-0.4, -0.2) is 14.8 Å². The van der Waals surface area contributed by atoms with Gasteiger partial charge in [-0.15, -0.1) is 0 Å². The number of nitrogens with zero attached hydrogens (tertiary/aromatic N) is 3. The Morgan fingerprint density at radius 3 is 2.69 bits per heavy atom. The third kappa shape index (κ3) is 3.14. The molecule has 7 heteroatoms. The molecule has 158 valence electrons. The number of ether oxygens (including phenoxy) is 1. The molecule has 4 aromatic rings. The largest absolute Gasteiger partial charge is 0.480 e. The third-order valence-electron chi connectivity index (χ3n) is 5.92. The molecule has 3 aromatic carbocycles. The van der Waals surface area contributed by atoms with E-state index in [1.165, 1.54) is 5.56 Å². The first-order chi connectivity index (χ1) is 15.6. The van der Waals surface area contributed by atoms with E-state index >= 15 is 0 Å². The zero-order valence-corrected chi connectivity index (χ0v) is 19.4. The van der Waals surface area contributed by atoms with Crippen molar-refractivity contribution >= 4 is 39.2 Å². The highest BCUT2D eigenvalue weighted by molar-refractivity contribution is 9.10. The first kappa shape index (κ1) is 19.6. The number of rotatable bonds is 2. The van der Waals surface area contributed by atoms with Crippen LogP contribution >= 0.6 is 27.5 Å². The van der Waals surface area contributed by atoms with Gasteiger partial charge in [-0.05, 0) is 48.4 Å². The number of nitrogens with one attached hydrogen (secondary N) is 1. The predicted octanol–water partition coefficient (Wildman–Crippen LogP) is 6.56. The molecule has 1 aromatic heterocycles. The fourth-order valence-electron chi connectivity index (χ4n) is 4.46. The Kier molecular flexibility index (Phi) is 4.59. The van der Waals surface area contributed by atoms with E-state index in [1.54, 1.807) is 6.33 Å². The summed E-state index contributed by atoms with van der Waals surface area (Å²) in [6.07, 6.45) is 1.27. The van der Waals surface area contributed by atoms with Gasteiger partial charge in [-0.3, -0.25) is 0 Å². The van der Waals surface area contributed by atoms with E-state index in [4.69, 9.17) is 16.3 Å². The Balaban J connectivity index is 1.64. The van der Waals surface area contributed by atoms with Crippen LogP contribution in [0.15, 0.2) is 83.1 Å². The van der Waals surface area contributed by atoms with Gasteiger partial charge >= 0.3 is 0 Å². The molecular formula is C25H18BrClN4O. The van der Waals surface area contributed by atoms with Gasteiger partial charge in [0.2, 0.25) is 5.95 Å². The molecule has 0 saturated heterocycles. The summed E-state index contributed by atoms with van der Waals surface area (Å²) in [5, 5.41) is 8.73. The normalized spacial score (nSPS) is 18.8. The highest BCUT2D eigenvalue weighted by Gasteiger charge is 2.41. The predicted molar refractivity (Wildman–Crippen MR) is 129 cm³/mol. The van der Waals surface area contributed by atoms with Gasteiger partial charge in [-0.2, -0.15) is 10.1 Å². The second-order valence-corrected chi connectivity index (χ2v) is 9.34. The standard InChI is InChI=1S/C25H18BrClN4O/c1-14-5-7-15(8-6-14)23-21-22(30-25-28-13-29-31(23)25)19-12-18(27)9-10-20(19)32-24(21)16-3-2-4-17(26)11-16/h2-13,23-24H,1H3,(H,28,29,30). The number of aryl methyl sites for hydroxylation is 1. The lowest BCUT2D eigenvalue weighted by Crippen LogP contribution is -2.32. The molecular weight excluding hydrogens is 488 g/mol. The smallest absolute Gasteiger partial charge is 0.226 e. The lowest BCUT2D eigenvalue weighted by molar-refractivity contribution is 0.223. The SMILES string of the molecule is Cc1ccc(C2C3=C(Nc4ncnn42)c2cc(Cl)ccc2OC3c2cccc(Br)c2)cc1. The highest BCUT2D eigenvalue weighted by atomic mass is 79.9. The summed E-state index contributed by atoms with van der Waals surface area (Å²) in [6, 6.07) is 22.3. The van der Waals surface area contributed by atoms with Gasteiger partial charge in [-0.25, -0.2) is 4.68 Å². The van der Waals surface area contributed by atoms with E-state index in [0.29, 0.717) is 11.0 Å². The molecule has 2 aliphatic heterocycles.